The molecule has 0 radical (unpaired) electrons. The lowest BCUT2D eigenvalue weighted by Crippen LogP contribution is -2.04. The first kappa shape index (κ1) is 91.3. The Morgan fingerprint density at radius 2 is 0.556 bits per heavy atom. The Labute approximate surface area is 704 Å². The van der Waals surface area contributed by atoms with Gasteiger partial charge < -0.3 is 42.6 Å². The summed E-state index contributed by atoms with van der Waals surface area (Å²) in [5.41, 5.74) is 2.36. The van der Waals surface area contributed by atoms with Crippen molar-refractivity contribution < 1.29 is 117 Å². The Morgan fingerprint density at radius 3 is 0.913 bits per heavy atom. The molecule has 0 atom stereocenters. The van der Waals surface area contributed by atoms with Gasteiger partial charge in [0.05, 0.1) is 85.3 Å². The van der Waals surface area contributed by atoms with E-state index in [1.807, 2.05) is 19.1 Å². The van der Waals surface area contributed by atoms with Crippen LogP contribution in [-0.4, -0.2) is 83.3 Å². The molecule has 126 heavy (non-hydrogen) atoms. The molecule has 0 N–H and O–H groups in total. The predicted molar refractivity (Wildman–Crippen MR) is 424 cm³/mol. The van der Waals surface area contributed by atoms with E-state index in [4.69, 9.17) is 42.6 Å². The van der Waals surface area contributed by atoms with Crippen molar-refractivity contribution in [1.82, 2.24) is 54.8 Å². The van der Waals surface area contributed by atoms with Crippen molar-refractivity contribution >= 4 is 0 Å². The topological polar surface area (TPSA) is 225 Å². The molecular weight excluding hydrogens is 1690 g/mol. The van der Waals surface area contributed by atoms with E-state index in [9.17, 15) is 74.6 Å². The van der Waals surface area contributed by atoms with Crippen molar-refractivity contribution in [1.29, 1.82) is 0 Å². The van der Waals surface area contributed by atoms with Crippen LogP contribution < -0.4 is 42.6 Å². The lowest BCUT2D eigenvalue weighted by Gasteiger charge is -2.13. The maximum absolute atomic E-state index is 13.9. The smallest absolute Gasteiger partial charge is 0.416 e. The summed E-state index contributed by atoms with van der Waals surface area (Å²) in [4.78, 5) is 44.7. The molecule has 15 rings (SSSR count). The molecule has 0 fully saturated rings. The molecule has 0 spiro atoms. The molecule has 20 nitrogen and oxygen atoms in total. The van der Waals surface area contributed by atoms with Crippen LogP contribution in [0.5, 0.6) is 81.3 Å². The van der Waals surface area contributed by atoms with Crippen LogP contribution >= 0.6 is 0 Å². The van der Waals surface area contributed by atoms with Crippen molar-refractivity contribution in [2.45, 2.75) is 37.8 Å². The van der Waals surface area contributed by atoms with E-state index in [1.54, 1.807) is 85.6 Å². The zero-order valence-corrected chi connectivity index (χ0v) is 65.7. The molecule has 37 heteroatoms. The maximum Gasteiger partial charge on any atom is 0.416 e. The molecule has 646 valence electrons. The number of hydrogen-bond acceptors (Lipinski definition) is 20. The SMILES string of the molecule is COc1c(F)cncc1-c1cccnc1Oc1ccc(C(F)(F)F)cc1.COc1ccncc1-c1cc(F)cnc1Oc1ccc(C(F)(F)F)cc1.COc1ccncc1-c1cccnc1Oc1ccc(C(F)(F)F)cc1.COc1nccnc1-c1cccnc1Oc1ccc(C(F)(F)F)cc1.Cc1ccncc1-c1cccnc1Oc1ccc(C(F)(F)F)cc1. The molecule has 0 aliphatic carbocycles. The molecule has 0 amide bonds. The number of alkyl halides is 15. The van der Waals surface area contributed by atoms with Crippen LogP contribution in [0.2, 0.25) is 0 Å². The number of methoxy groups -OCH3 is 4. The standard InChI is InChI=1S/2C18H12F4N2O2.C18H13F3N2O2.C18H13F3N2O.C17H12F3N3O2/c1-25-16-6-7-23-10-15(16)14-8-12(19)9-24-17(14)26-13-4-2-11(3-5-13)18(20,21)22;1-25-16-14(9-23-10-15(16)19)13-3-2-8-24-17(13)26-12-6-4-11(5-7-12)18(20,21)22;1-24-16-8-10-22-11-15(16)14-3-2-9-23-17(14)25-13-6-4-12(5-7-13)18(19,20)21;1-12-8-10-22-11-16(12)15-3-2-9-23-17(15)24-14-6-4-13(5-7-14)18(19,20)21;1-24-16-14(21-9-10-23-16)13-3-2-8-22-15(13)25-12-6-4-11(5-7-12)17(18,19)20/h2*2-10H,1H3;2-11H,1H3;2-11H,1H3;2-10H,1H3. The van der Waals surface area contributed by atoms with Gasteiger partial charge in [0.1, 0.15) is 51.8 Å². The first-order valence-corrected chi connectivity index (χ1v) is 36.3. The number of nitrogens with zero attached hydrogens (tertiary/aromatic N) is 11. The summed E-state index contributed by atoms with van der Waals surface area (Å²) >= 11 is 0. The van der Waals surface area contributed by atoms with Crippen molar-refractivity contribution in [2.24, 2.45) is 0 Å². The number of benzene rings is 5. The van der Waals surface area contributed by atoms with Gasteiger partial charge in [-0.3, -0.25) is 19.9 Å². The minimum absolute atomic E-state index is 0.0115. The van der Waals surface area contributed by atoms with Gasteiger partial charge >= 0.3 is 30.9 Å². The summed E-state index contributed by atoms with van der Waals surface area (Å²) in [6.45, 7) is 1.94. The highest BCUT2D eigenvalue weighted by Gasteiger charge is 2.35. The Morgan fingerprint density at radius 1 is 0.246 bits per heavy atom. The fraction of sp³-hybridized carbons (Fsp3) is 0.112. The molecule has 15 aromatic rings. The van der Waals surface area contributed by atoms with Gasteiger partial charge in [0.25, 0.3) is 0 Å². The van der Waals surface area contributed by atoms with Gasteiger partial charge in [-0.2, -0.15) is 65.9 Å². The van der Waals surface area contributed by atoms with E-state index in [2.05, 4.69) is 54.8 Å². The maximum atomic E-state index is 13.9. The van der Waals surface area contributed by atoms with Gasteiger partial charge in [0.15, 0.2) is 11.6 Å². The van der Waals surface area contributed by atoms with E-state index in [0.717, 1.165) is 102 Å². The number of ether oxygens (including phenoxy) is 9. The van der Waals surface area contributed by atoms with Crippen molar-refractivity contribution in [3.8, 4) is 137 Å². The van der Waals surface area contributed by atoms with Gasteiger partial charge in [-0.1, -0.05) is 0 Å². The van der Waals surface area contributed by atoms with Gasteiger partial charge in [-0.15, -0.1) is 0 Å². The van der Waals surface area contributed by atoms with Crippen molar-refractivity contribution in [2.75, 3.05) is 28.4 Å². The second-order valence-electron chi connectivity index (χ2n) is 25.5. The summed E-state index contributed by atoms with van der Waals surface area (Å²) in [7, 11) is 5.75. The number of aromatic nitrogens is 11. The first-order chi connectivity index (χ1) is 60.2. The van der Waals surface area contributed by atoms with E-state index in [0.29, 0.717) is 56.5 Å². The van der Waals surface area contributed by atoms with E-state index in [-0.39, 0.29) is 69.5 Å². The third-order valence-electron chi connectivity index (χ3n) is 17.3. The molecule has 10 aromatic heterocycles. The minimum atomic E-state index is -4.44. The molecule has 0 saturated carbocycles. The fourth-order valence-corrected chi connectivity index (χ4v) is 11.3. The molecule has 0 bridgehead atoms. The molecule has 0 saturated heterocycles. The predicted octanol–water partition coefficient (Wildman–Crippen LogP) is 24.8. The van der Waals surface area contributed by atoms with Crippen LogP contribution in [0.1, 0.15) is 33.4 Å². The third kappa shape index (κ3) is 24.2. The third-order valence-corrected chi connectivity index (χ3v) is 17.3. The van der Waals surface area contributed by atoms with Gasteiger partial charge in [0, 0.05) is 114 Å². The van der Waals surface area contributed by atoms with Crippen molar-refractivity contribution in [3.05, 3.63) is 332 Å². The van der Waals surface area contributed by atoms with Crippen LogP contribution in [0.4, 0.5) is 74.6 Å². The molecule has 0 unspecified atom stereocenters. The fourth-order valence-electron chi connectivity index (χ4n) is 11.3. The van der Waals surface area contributed by atoms with E-state index < -0.39 is 70.3 Å². The monoisotopic (exact) mass is 1750 g/mol. The quantitative estimate of drug-likeness (QED) is 0.0686. The molecule has 0 aliphatic heterocycles. The Kier molecular flexibility index (Phi) is 29.7. The summed E-state index contributed by atoms with van der Waals surface area (Å²) in [6.07, 6.45) is -0.130. The number of pyridine rings is 9. The van der Waals surface area contributed by atoms with Crippen LogP contribution in [-0.2, 0) is 30.9 Å². The van der Waals surface area contributed by atoms with Crippen LogP contribution in [0.3, 0.4) is 0 Å². The highest BCUT2D eigenvalue weighted by molar-refractivity contribution is 5.77. The van der Waals surface area contributed by atoms with E-state index in [1.165, 1.54) is 133 Å². The van der Waals surface area contributed by atoms with Crippen LogP contribution in [0.25, 0.3) is 55.8 Å². The molecular formula is C89H62F17N11O9. The van der Waals surface area contributed by atoms with Crippen molar-refractivity contribution in [3.63, 3.8) is 0 Å². The lowest BCUT2D eigenvalue weighted by atomic mass is 10.0. The Bertz CT molecular complexity index is 5980. The zero-order valence-electron chi connectivity index (χ0n) is 65.7. The highest BCUT2D eigenvalue weighted by atomic mass is 19.4. The first-order valence-electron chi connectivity index (χ1n) is 36.3. The number of rotatable bonds is 19. The summed E-state index contributed by atoms with van der Waals surface area (Å²) < 4.78 is 266. The number of hydrogen-bond donors (Lipinski definition) is 0. The second kappa shape index (κ2) is 40.9. The van der Waals surface area contributed by atoms with E-state index >= 15 is 0 Å². The largest absolute Gasteiger partial charge is 0.496 e. The Balaban J connectivity index is 0.000000153. The second-order valence-corrected chi connectivity index (χ2v) is 25.5. The zero-order chi connectivity index (χ0) is 90.4. The summed E-state index contributed by atoms with van der Waals surface area (Å²) in [5.74, 6) is 1.85. The van der Waals surface area contributed by atoms with Gasteiger partial charge in [-0.05, 0) is 207 Å². The molecule has 0 aliphatic rings. The summed E-state index contributed by atoms with van der Waals surface area (Å²) in [5, 5.41) is 0. The molecule has 10 heterocycles. The molecule has 5 aromatic carbocycles. The average molecular weight is 1750 g/mol. The van der Waals surface area contributed by atoms with Gasteiger partial charge in [-0.25, -0.2) is 43.7 Å². The van der Waals surface area contributed by atoms with Gasteiger partial charge in [0.2, 0.25) is 35.3 Å². The average Bonchev–Trinajstić information content (AvgIpc) is 0.811. The highest BCUT2D eigenvalue weighted by Crippen LogP contribution is 2.44. The number of halogens is 17. The normalized spacial score (nSPS) is 11.3. The summed E-state index contributed by atoms with van der Waals surface area (Å²) in [6, 6.07) is 41.6. The minimum Gasteiger partial charge on any atom is -0.496 e. The lowest BCUT2D eigenvalue weighted by molar-refractivity contribution is -0.138. The number of aryl methyl sites for hydroxylation is 1. The van der Waals surface area contributed by atoms with Crippen LogP contribution in [0, 0.1) is 18.6 Å². The Hall–Kier alpha value is -15.5. The van der Waals surface area contributed by atoms with Crippen LogP contribution in [0.15, 0.2) is 287 Å².